The van der Waals surface area contributed by atoms with E-state index in [0.29, 0.717) is 31.2 Å². The van der Waals surface area contributed by atoms with Gasteiger partial charge in [-0.2, -0.15) is 13.2 Å². The number of pyridine rings is 1. The Morgan fingerprint density at radius 3 is 2.39 bits per heavy atom. The van der Waals surface area contributed by atoms with Gasteiger partial charge in [0.1, 0.15) is 6.54 Å². The molecule has 1 N–H and O–H groups in total. The van der Waals surface area contributed by atoms with E-state index in [0.717, 1.165) is 35.8 Å². The number of nitrogens with zero attached hydrogens (tertiary/aromatic N) is 2. The van der Waals surface area contributed by atoms with Crippen LogP contribution in [0, 0.1) is 0 Å². The minimum atomic E-state index is -4.58. The van der Waals surface area contributed by atoms with Crippen LogP contribution in [0.25, 0.3) is 0 Å². The lowest BCUT2D eigenvalue weighted by Crippen LogP contribution is -2.35. The van der Waals surface area contributed by atoms with E-state index in [4.69, 9.17) is 4.74 Å². The molecule has 0 aliphatic carbocycles. The number of alkyl halides is 3. The SMILES string of the molecule is O=C(Cn1cc(C(F)(F)F)ccc1=O)Nc1ccc(CN2CCOCC2)cc1. The van der Waals surface area contributed by atoms with Crippen LogP contribution in [-0.2, 0) is 28.8 Å². The largest absolute Gasteiger partial charge is 0.417 e. The van der Waals surface area contributed by atoms with Crippen molar-refractivity contribution in [2.45, 2.75) is 19.3 Å². The monoisotopic (exact) mass is 395 g/mol. The van der Waals surface area contributed by atoms with Gasteiger partial charge in [-0.15, -0.1) is 0 Å². The first-order chi connectivity index (χ1) is 13.3. The van der Waals surface area contributed by atoms with Crippen molar-refractivity contribution in [3.63, 3.8) is 0 Å². The summed E-state index contributed by atoms with van der Waals surface area (Å²) in [6, 6.07) is 8.70. The van der Waals surface area contributed by atoms with Gasteiger partial charge in [0.15, 0.2) is 0 Å². The van der Waals surface area contributed by atoms with Gasteiger partial charge in [-0.1, -0.05) is 12.1 Å². The summed E-state index contributed by atoms with van der Waals surface area (Å²) in [5.41, 5.74) is -0.0684. The van der Waals surface area contributed by atoms with E-state index in [1.807, 2.05) is 12.1 Å². The summed E-state index contributed by atoms with van der Waals surface area (Å²) in [5, 5.41) is 2.59. The third-order valence-electron chi connectivity index (χ3n) is 4.37. The van der Waals surface area contributed by atoms with E-state index in [1.165, 1.54) is 0 Å². The zero-order chi connectivity index (χ0) is 20.1. The van der Waals surface area contributed by atoms with Gasteiger partial charge < -0.3 is 14.6 Å². The van der Waals surface area contributed by atoms with Gasteiger partial charge in [0.05, 0.1) is 18.8 Å². The summed E-state index contributed by atoms with van der Waals surface area (Å²) >= 11 is 0. The lowest BCUT2D eigenvalue weighted by Gasteiger charge is -2.26. The standard InChI is InChI=1S/C19H20F3N3O3/c20-19(21,22)15-3-6-18(27)25(12-15)13-17(26)23-16-4-1-14(2-5-16)11-24-7-9-28-10-8-24/h1-6,12H,7-11,13H2,(H,23,26). The van der Waals surface area contributed by atoms with Crippen LogP contribution in [-0.4, -0.2) is 41.7 Å². The summed E-state index contributed by atoms with van der Waals surface area (Å²) < 4.78 is 44.3. The number of nitrogens with one attached hydrogen (secondary N) is 1. The van der Waals surface area contributed by atoms with Crippen LogP contribution < -0.4 is 10.9 Å². The van der Waals surface area contributed by atoms with Crippen LogP contribution in [0.5, 0.6) is 0 Å². The number of aromatic nitrogens is 1. The molecule has 9 heteroatoms. The van der Waals surface area contributed by atoms with Crippen LogP contribution in [0.3, 0.4) is 0 Å². The predicted molar refractivity (Wildman–Crippen MR) is 96.9 cm³/mol. The Morgan fingerprint density at radius 1 is 1.07 bits per heavy atom. The van der Waals surface area contributed by atoms with Crippen molar-refractivity contribution in [3.8, 4) is 0 Å². The molecule has 1 fully saturated rings. The number of rotatable bonds is 5. The molecule has 1 aliphatic heterocycles. The van der Waals surface area contributed by atoms with Crippen molar-refractivity contribution in [1.29, 1.82) is 0 Å². The maximum absolute atomic E-state index is 12.8. The Bertz CT molecular complexity index is 872. The molecule has 6 nitrogen and oxygen atoms in total. The second-order valence-electron chi connectivity index (χ2n) is 6.52. The highest BCUT2D eigenvalue weighted by atomic mass is 19.4. The zero-order valence-corrected chi connectivity index (χ0v) is 15.0. The van der Waals surface area contributed by atoms with Crippen LogP contribution in [0.1, 0.15) is 11.1 Å². The Labute approximate surface area is 159 Å². The third-order valence-corrected chi connectivity index (χ3v) is 4.37. The fraction of sp³-hybridized carbons (Fsp3) is 0.368. The van der Waals surface area contributed by atoms with Gasteiger partial charge in [-0.25, -0.2) is 0 Å². The molecule has 150 valence electrons. The van der Waals surface area contributed by atoms with E-state index >= 15 is 0 Å². The number of ether oxygens (including phenoxy) is 1. The lowest BCUT2D eigenvalue weighted by molar-refractivity contribution is -0.138. The number of morpholine rings is 1. The van der Waals surface area contributed by atoms with Crippen LogP contribution in [0.4, 0.5) is 18.9 Å². The van der Waals surface area contributed by atoms with Gasteiger partial charge in [-0.3, -0.25) is 14.5 Å². The molecule has 0 radical (unpaired) electrons. The smallest absolute Gasteiger partial charge is 0.379 e. The van der Waals surface area contributed by atoms with E-state index < -0.39 is 29.8 Å². The fourth-order valence-electron chi connectivity index (χ4n) is 2.89. The molecular formula is C19H20F3N3O3. The second kappa shape index (κ2) is 8.57. The fourth-order valence-corrected chi connectivity index (χ4v) is 2.89. The van der Waals surface area contributed by atoms with Gasteiger partial charge in [0, 0.05) is 37.6 Å². The van der Waals surface area contributed by atoms with Gasteiger partial charge in [0.25, 0.3) is 5.56 Å². The maximum Gasteiger partial charge on any atom is 0.417 e. The Balaban J connectivity index is 1.60. The first kappa shape index (κ1) is 20.1. The van der Waals surface area contributed by atoms with Crippen molar-refractivity contribution in [2.24, 2.45) is 0 Å². The molecule has 3 rings (SSSR count). The maximum atomic E-state index is 12.8. The van der Waals surface area contributed by atoms with Gasteiger partial charge in [-0.05, 0) is 23.8 Å². The van der Waals surface area contributed by atoms with Crippen molar-refractivity contribution in [1.82, 2.24) is 9.47 Å². The summed E-state index contributed by atoms with van der Waals surface area (Å²) in [4.78, 5) is 26.1. The Hall–Kier alpha value is -2.65. The number of carbonyl (C=O) groups is 1. The molecule has 0 atom stereocenters. The molecule has 0 bridgehead atoms. The molecule has 1 aromatic heterocycles. The molecule has 1 amide bonds. The summed E-state index contributed by atoms with van der Waals surface area (Å²) in [5.74, 6) is -0.581. The molecule has 1 aromatic carbocycles. The third kappa shape index (κ3) is 5.43. The molecular weight excluding hydrogens is 375 g/mol. The summed E-state index contributed by atoms with van der Waals surface area (Å²) in [6.07, 6.45) is -3.93. The van der Waals surface area contributed by atoms with Crippen molar-refractivity contribution in [2.75, 3.05) is 31.6 Å². The first-order valence-corrected chi connectivity index (χ1v) is 8.78. The molecule has 0 saturated carbocycles. The van der Waals surface area contributed by atoms with E-state index in [-0.39, 0.29) is 0 Å². The summed E-state index contributed by atoms with van der Waals surface area (Å²) in [7, 11) is 0. The lowest BCUT2D eigenvalue weighted by atomic mass is 10.2. The molecule has 2 heterocycles. The number of hydrogen-bond donors (Lipinski definition) is 1. The van der Waals surface area contributed by atoms with E-state index in [1.54, 1.807) is 12.1 Å². The van der Waals surface area contributed by atoms with Crippen molar-refractivity contribution >= 4 is 11.6 Å². The highest BCUT2D eigenvalue weighted by Crippen LogP contribution is 2.28. The second-order valence-corrected chi connectivity index (χ2v) is 6.52. The highest BCUT2D eigenvalue weighted by Gasteiger charge is 2.31. The van der Waals surface area contributed by atoms with Crippen LogP contribution >= 0.6 is 0 Å². The zero-order valence-electron chi connectivity index (χ0n) is 15.0. The minimum absolute atomic E-state index is 0.502. The number of carbonyl (C=O) groups excluding carboxylic acids is 1. The van der Waals surface area contributed by atoms with Crippen LogP contribution in [0.15, 0.2) is 47.4 Å². The van der Waals surface area contributed by atoms with Gasteiger partial charge >= 0.3 is 6.18 Å². The minimum Gasteiger partial charge on any atom is -0.379 e. The molecule has 28 heavy (non-hydrogen) atoms. The first-order valence-electron chi connectivity index (χ1n) is 8.78. The predicted octanol–water partition coefficient (Wildman–Crippen LogP) is 2.34. The molecule has 0 unspecified atom stereocenters. The number of hydrogen-bond acceptors (Lipinski definition) is 4. The van der Waals surface area contributed by atoms with Crippen molar-refractivity contribution in [3.05, 3.63) is 64.1 Å². The quantitative estimate of drug-likeness (QED) is 0.844. The molecule has 0 spiro atoms. The molecule has 2 aromatic rings. The number of benzene rings is 1. The van der Waals surface area contributed by atoms with E-state index in [2.05, 4.69) is 10.2 Å². The summed E-state index contributed by atoms with van der Waals surface area (Å²) in [6.45, 7) is 3.43. The van der Waals surface area contributed by atoms with Gasteiger partial charge in [0.2, 0.25) is 5.91 Å². The molecule has 1 aliphatic rings. The number of halogens is 3. The number of anilines is 1. The Morgan fingerprint density at radius 2 is 1.75 bits per heavy atom. The topological polar surface area (TPSA) is 63.6 Å². The average Bonchev–Trinajstić information content (AvgIpc) is 2.65. The average molecular weight is 395 g/mol. The van der Waals surface area contributed by atoms with Crippen molar-refractivity contribution < 1.29 is 22.7 Å². The highest BCUT2D eigenvalue weighted by molar-refractivity contribution is 5.90. The Kier molecular flexibility index (Phi) is 6.15. The normalized spacial score (nSPS) is 15.4. The van der Waals surface area contributed by atoms with E-state index in [9.17, 15) is 22.8 Å². The number of amides is 1. The molecule has 1 saturated heterocycles. The van der Waals surface area contributed by atoms with Crippen LogP contribution in [0.2, 0.25) is 0 Å².